The van der Waals surface area contributed by atoms with Gasteiger partial charge in [0, 0.05) is 37.6 Å². The summed E-state index contributed by atoms with van der Waals surface area (Å²) in [4.78, 5) is 25.0. The zero-order valence-corrected chi connectivity index (χ0v) is 10.3. The molecule has 1 amide bonds. The van der Waals surface area contributed by atoms with Crippen molar-refractivity contribution in [3.05, 3.63) is 0 Å². The van der Waals surface area contributed by atoms with Crippen LogP contribution in [0.2, 0.25) is 0 Å². The van der Waals surface area contributed by atoms with Gasteiger partial charge in [-0.05, 0) is 12.7 Å². The zero-order chi connectivity index (χ0) is 11.3. The molecule has 1 atom stereocenters. The average Bonchev–Trinajstić information content (AvgIpc) is 2.26. The second-order valence-corrected chi connectivity index (χ2v) is 4.89. The van der Waals surface area contributed by atoms with E-state index in [0.717, 1.165) is 12.2 Å². The lowest BCUT2D eigenvalue weighted by Crippen LogP contribution is -2.44. The van der Waals surface area contributed by atoms with Crippen LogP contribution in [-0.2, 0) is 9.59 Å². The third-order valence-electron chi connectivity index (χ3n) is 2.89. The molecule has 1 aliphatic rings. The molecule has 0 aliphatic carbocycles. The van der Waals surface area contributed by atoms with Crippen molar-refractivity contribution in [2.75, 3.05) is 25.1 Å². The van der Waals surface area contributed by atoms with E-state index in [1.807, 2.05) is 18.1 Å². The highest BCUT2D eigenvalue weighted by Gasteiger charge is 2.27. The van der Waals surface area contributed by atoms with Crippen LogP contribution >= 0.6 is 11.8 Å². The van der Waals surface area contributed by atoms with E-state index in [0.29, 0.717) is 31.7 Å². The molecule has 1 unspecified atom stereocenters. The van der Waals surface area contributed by atoms with Gasteiger partial charge in [0.15, 0.2) is 0 Å². The van der Waals surface area contributed by atoms with Crippen molar-refractivity contribution >= 4 is 23.5 Å². The smallest absolute Gasteiger partial charge is 0.223 e. The second kappa shape index (κ2) is 6.16. The summed E-state index contributed by atoms with van der Waals surface area (Å²) in [6.45, 7) is 3.28. The van der Waals surface area contributed by atoms with Gasteiger partial charge in [-0.25, -0.2) is 0 Å². The van der Waals surface area contributed by atoms with Gasteiger partial charge in [-0.3, -0.25) is 9.59 Å². The molecular formula is C11H19NO2S. The third-order valence-corrected chi connectivity index (χ3v) is 3.50. The van der Waals surface area contributed by atoms with Gasteiger partial charge >= 0.3 is 0 Å². The van der Waals surface area contributed by atoms with Gasteiger partial charge < -0.3 is 4.90 Å². The minimum atomic E-state index is 0.0805. The number of hydrogen-bond donors (Lipinski definition) is 0. The maximum absolute atomic E-state index is 11.7. The molecule has 0 saturated carbocycles. The molecule has 1 rings (SSSR count). The first-order chi connectivity index (χ1) is 7.19. The van der Waals surface area contributed by atoms with Gasteiger partial charge in [-0.15, -0.1) is 0 Å². The largest absolute Gasteiger partial charge is 0.342 e. The zero-order valence-electron chi connectivity index (χ0n) is 9.49. The van der Waals surface area contributed by atoms with Crippen LogP contribution in [0, 0.1) is 5.92 Å². The van der Waals surface area contributed by atoms with Crippen LogP contribution in [0.4, 0.5) is 0 Å². The van der Waals surface area contributed by atoms with Crippen molar-refractivity contribution < 1.29 is 9.59 Å². The van der Waals surface area contributed by atoms with Crippen LogP contribution < -0.4 is 0 Å². The topological polar surface area (TPSA) is 37.4 Å². The minimum Gasteiger partial charge on any atom is -0.342 e. The number of piperidine rings is 1. The van der Waals surface area contributed by atoms with Crippen molar-refractivity contribution in [1.82, 2.24) is 4.90 Å². The highest BCUT2D eigenvalue weighted by Crippen LogP contribution is 2.17. The summed E-state index contributed by atoms with van der Waals surface area (Å²) in [5.41, 5.74) is 0. The third kappa shape index (κ3) is 3.52. The van der Waals surface area contributed by atoms with Crippen LogP contribution in [0.15, 0.2) is 0 Å². The molecule has 1 aliphatic heterocycles. The number of carbonyl (C=O) groups is 2. The molecule has 1 fully saturated rings. The number of amides is 1. The highest BCUT2D eigenvalue weighted by molar-refractivity contribution is 7.98. The second-order valence-electron chi connectivity index (χ2n) is 3.90. The molecular weight excluding hydrogens is 210 g/mol. The number of rotatable bonds is 4. The van der Waals surface area contributed by atoms with Gasteiger partial charge in [-0.1, -0.05) is 6.92 Å². The van der Waals surface area contributed by atoms with Gasteiger partial charge in [-0.2, -0.15) is 11.8 Å². The SMILES string of the molecule is CCC1CN(C(=O)CCSC)CCC1=O. The van der Waals surface area contributed by atoms with E-state index in [2.05, 4.69) is 0 Å². The number of hydrogen-bond acceptors (Lipinski definition) is 3. The molecule has 3 nitrogen and oxygen atoms in total. The van der Waals surface area contributed by atoms with Crippen molar-refractivity contribution in [1.29, 1.82) is 0 Å². The summed E-state index contributed by atoms with van der Waals surface area (Å²) in [5.74, 6) is 1.48. The lowest BCUT2D eigenvalue weighted by molar-refractivity contribution is -0.136. The molecule has 15 heavy (non-hydrogen) atoms. The summed E-state index contributed by atoms with van der Waals surface area (Å²) in [5, 5.41) is 0. The Morgan fingerprint density at radius 2 is 2.33 bits per heavy atom. The first kappa shape index (κ1) is 12.6. The summed E-state index contributed by atoms with van der Waals surface area (Å²) >= 11 is 1.69. The molecule has 0 aromatic heterocycles. The standard InChI is InChI=1S/C11H19NO2S/c1-3-9-8-12(6-4-10(9)13)11(14)5-7-15-2/h9H,3-8H2,1-2H3. The first-order valence-corrected chi connectivity index (χ1v) is 6.87. The molecule has 0 aromatic carbocycles. The van der Waals surface area contributed by atoms with Crippen molar-refractivity contribution in [2.45, 2.75) is 26.2 Å². The molecule has 0 bridgehead atoms. The van der Waals surface area contributed by atoms with Crippen molar-refractivity contribution in [3.8, 4) is 0 Å². The van der Waals surface area contributed by atoms with Crippen molar-refractivity contribution in [2.24, 2.45) is 5.92 Å². The van der Waals surface area contributed by atoms with Crippen LogP contribution in [0.3, 0.4) is 0 Å². The van der Waals surface area contributed by atoms with Crippen molar-refractivity contribution in [3.63, 3.8) is 0 Å². The normalized spacial score (nSPS) is 21.9. The number of Topliss-reactive ketones (excluding diaryl/α,β-unsaturated/α-hetero) is 1. The number of ketones is 1. The Labute approximate surface area is 95.6 Å². The number of thioether (sulfide) groups is 1. The molecule has 4 heteroatoms. The van der Waals surface area contributed by atoms with E-state index >= 15 is 0 Å². The van der Waals surface area contributed by atoms with Crippen LogP contribution in [0.5, 0.6) is 0 Å². The molecule has 1 heterocycles. The van der Waals surface area contributed by atoms with Crippen LogP contribution in [0.25, 0.3) is 0 Å². The Balaban J connectivity index is 2.43. The summed E-state index contributed by atoms with van der Waals surface area (Å²) in [6, 6.07) is 0. The van der Waals surface area contributed by atoms with E-state index < -0.39 is 0 Å². The molecule has 0 spiro atoms. The number of nitrogens with zero attached hydrogens (tertiary/aromatic N) is 1. The fraction of sp³-hybridized carbons (Fsp3) is 0.818. The van der Waals surface area contributed by atoms with Gasteiger partial charge in [0.2, 0.25) is 5.91 Å². The Morgan fingerprint density at radius 1 is 1.60 bits per heavy atom. The highest BCUT2D eigenvalue weighted by atomic mass is 32.2. The van der Waals surface area contributed by atoms with Crippen LogP contribution in [-0.4, -0.2) is 41.7 Å². The quantitative estimate of drug-likeness (QED) is 0.734. The lowest BCUT2D eigenvalue weighted by Gasteiger charge is -2.31. The molecule has 1 saturated heterocycles. The maximum atomic E-state index is 11.7. The molecule has 0 aromatic rings. The Hall–Kier alpha value is -0.510. The Bertz CT molecular complexity index is 243. The van der Waals surface area contributed by atoms with Gasteiger partial charge in [0.05, 0.1) is 0 Å². The first-order valence-electron chi connectivity index (χ1n) is 5.48. The predicted molar refractivity (Wildman–Crippen MR) is 63.0 cm³/mol. The van der Waals surface area contributed by atoms with Gasteiger partial charge in [0.25, 0.3) is 0 Å². The monoisotopic (exact) mass is 229 g/mol. The van der Waals surface area contributed by atoms with E-state index in [1.54, 1.807) is 11.8 Å². The summed E-state index contributed by atoms with van der Waals surface area (Å²) in [6.07, 6.45) is 4.00. The maximum Gasteiger partial charge on any atom is 0.223 e. The van der Waals surface area contributed by atoms with E-state index in [4.69, 9.17) is 0 Å². The average molecular weight is 229 g/mol. The molecule has 0 N–H and O–H groups in total. The summed E-state index contributed by atoms with van der Waals surface area (Å²) in [7, 11) is 0. The fourth-order valence-electron chi connectivity index (χ4n) is 1.84. The molecule has 0 radical (unpaired) electrons. The Morgan fingerprint density at radius 3 is 2.93 bits per heavy atom. The fourth-order valence-corrected chi connectivity index (χ4v) is 2.22. The Kier molecular flexibility index (Phi) is 5.15. The van der Waals surface area contributed by atoms with E-state index in [9.17, 15) is 9.59 Å². The minimum absolute atomic E-state index is 0.0805. The number of likely N-dealkylation sites (tertiary alicyclic amines) is 1. The lowest BCUT2D eigenvalue weighted by atomic mass is 9.94. The van der Waals surface area contributed by atoms with Crippen LogP contribution in [0.1, 0.15) is 26.2 Å². The van der Waals surface area contributed by atoms with E-state index in [1.165, 1.54) is 0 Å². The molecule has 86 valence electrons. The predicted octanol–water partition coefficient (Wildman–Crippen LogP) is 1.57. The van der Waals surface area contributed by atoms with E-state index in [-0.39, 0.29) is 11.8 Å². The number of carbonyl (C=O) groups excluding carboxylic acids is 2. The van der Waals surface area contributed by atoms with Gasteiger partial charge in [0.1, 0.15) is 5.78 Å². The summed E-state index contributed by atoms with van der Waals surface area (Å²) < 4.78 is 0.